The summed E-state index contributed by atoms with van der Waals surface area (Å²) in [5, 5.41) is 258. The lowest BCUT2D eigenvalue weighted by Gasteiger charge is -2.51. The second-order valence-electron chi connectivity index (χ2n) is 24.6. The summed E-state index contributed by atoms with van der Waals surface area (Å²) in [6, 6.07) is -5.65. The summed E-state index contributed by atoms with van der Waals surface area (Å²) < 4.78 is 87.3. The largest absolute Gasteiger partial charge is 0.394 e. The van der Waals surface area contributed by atoms with Gasteiger partial charge in [-0.1, -0.05) is 0 Å². The first-order valence-corrected chi connectivity index (χ1v) is 31.1. The van der Waals surface area contributed by atoms with Gasteiger partial charge in [-0.05, 0) is 0 Å². The van der Waals surface area contributed by atoms with E-state index in [4.69, 9.17) is 71.1 Å². The van der Waals surface area contributed by atoms with E-state index in [2.05, 4.69) is 16.0 Å². The van der Waals surface area contributed by atoms with Crippen LogP contribution in [0.1, 0.15) is 20.8 Å². The fourth-order valence-electron chi connectivity index (χ4n) is 12.6. The Labute approximate surface area is 554 Å². The quantitative estimate of drug-likeness (QED) is 0.0404. The minimum Gasteiger partial charge on any atom is -0.394 e. The Morgan fingerprint density at radius 2 is 0.551 bits per heavy atom. The van der Waals surface area contributed by atoms with Crippen molar-refractivity contribution in [1.82, 2.24) is 16.0 Å². The molecule has 0 radical (unpaired) electrons. The first kappa shape index (κ1) is 80.6. The number of ether oxygens (including phenoxy) is 15. The van der Waals surface area contributed by atoms with E-state index >= 15 is 0 Å². The number of hydrogen-bond donors (Lipinski definition) is 26. The van der Waals surface area contributed by atoms with Crippen molar-refractivity contribution in [3.63, 3.8) is 0 Å². The van der Waals surface area contributed by atoms with Crippen molar-refractivity contribution in [3.8, 4) is 0 Å². The van der Waals surface area contributed by atoms with Gasteiger partial charge in [-0.2, -0.15) is 0 Å². The summed E-state index contributed by atoms with van der Waals surface area (Å²) in [6.45, 7) is -5.45. The average molecular weight is 1440 g/mol. The molecule has 44 heteroatoms. The van der Waals surface area contributed by atoms with Gasteiger partial charge >= 0.3 is 0 Å². The summed E-state index contributed by atoms with van der Waals surface area (Å²) in [6.07, 6.45) is -74.4. The molecule has 8 heterocycles. The van der Waals surface area contributed by atoms with Gasteiger partial charge in [-0.15, -0.1) is 0 Å². The van der Waals surface area contributed by atoms with Crippen LogP contribution in [0.2, 0.25) is 0 Å². The lowest BCUT2D eigenvalue weighted by atomic mass is 9.93. The highest BCUT2D eigenvalue weighted by Gasteiger charge is 2.60. The molecule has 0 aliphatic carbocycles. The molecule has 0 aromatic rings. The monoisotopic (exact) mass is 1440 g/mol. The predicted molar refractivity (Wildman–Crippen MR) is 299 cm³/mol. The van der Waals surface area contributed by atoms with Crippen molar-refractivity contribution in [2.24, 2.45) is 0 Å². The fraction of sp³-hybridized carbons (Fsp3) is 0.944. The first-order valence-electron chi connectivity index (χ1n) is 31.1. The van der Waals surface area contributed by atoms with Gasteiger partial charge < -0.3 is 204 Å². The van der Waals surface area contributed by atoms with E-state index in [0.717, 1.165) is 20.8 Å². The molecule has 0 bridgehead atoms. The van der Waals surface area contributed by atoms with Crippen LogP contribution in [0.5, 0.6) is 0 Å². The second-order valence-corrected chi connectivity index (χ2v) is 24.6. The smallest absolute Gasteiger partial charge is 0.217 e. The Kier molecular flexibility index (Phi) is 28.9. The summed E-state index contributed by atoms with van der Waals surface area (Å²) in [7, 11) is 0. The maximum Gasteiger partial charge on any atom is 0.217 e. The number of rotatable bonds is 25. The van der Waals surface area contributed by atoms with Crippen molar-refractivity contribution >= 4 is 17.7 Å². The van der Waals surface area contributed by atoms with Crippen molar-refractivity contribution in [1.29, 1.82) is 0 Å². The van der Waals surface area contributed by atoms with E-state index in [1.165, 1.54) is 0 Å². The molecule has 26 N–H and O–H groups in total. The third-order valence-corrected chi connectivity index (χ3v) is 17.8. The lowest BCUT2D eigenvalue weighted by Crippen LogP contribution is -2.71. The lowest BCUT2D eigenvalue weighted by molar-refractivity contribution is -0.388. The van der Waals surface area contributed by atoms with Gasteiger partial charge in [0.15, 0.2) is 50.3 Å². The first-order chi connectivity index (χ1) is 46.4. The van der Waals surface area contributed by atoms with Crippen LogP contribution in [0, 0.1) is 0 Å². The predicted octanol–water partition coefficient (Wildman–Crippen LogP) is -18.0. The standard InChI is InChI=1S/C54H91N3O41/c1-12(65)55-23-31(73)41(93-51-37(79)33(75)26(68)15(4-58)87-51)20(9-63)90-48(23)84-11-22-30(72)46(98-50-25(57-14(3)67)44(28(70)17(6-60)86-50)96-52-38(80)34(76)27(69)16(5-59)88-52)40(82)54(92-22)94-42-21(10-64)91-49(24(32(42)74)56-13(2)66)97-45-29(71)18(7-61)89-53(39(45)81)95-43-19(8-62)85-47(83)36(78)35(43)77/h15-54,58-64,68-83H,4-11H2,1-3H3,(H,55,65)(H,56,66)(H,57,67)/t15-,16-,17-,18-,19-,20-,21-,22-,23-,24-,25-,26+,27+,28-,29+,30+,31+,32-,33+,34+,35-,36-,37-,38-,39-,40-,41-,42-,43-,44-,45+,46+,47?,48-,49+,50+,51+,52+,53+,54+/m1/s1. The number of aliphatic hydroxyl groups is 23. The molecule has 0 aromatic heterocycles. The molecule has 0 saturated carbocycles. The van der Waals surface area contributed by atoms with Crippen LogP contribution in [-0.4, -0.2) is 433 Å². The molecule has 8 aliphatic rings. The number of carbonyl (C=O) groups is 3. The normalized spacial score (nSPS) is 49.5. The molecule has 3 amide bonds. The van der Waals surface area contributed by atoms with E-state index in [-0.39, 0.29) is 0 Å². The minimum absolute atomic E-state index is 0.878. The van der Waals surface area contributed by atoms with Gasteiger partial charge in [0, 0.05) is 20.8 Å². The van der Waals surface area contributed by atoms with Gasteiger partial charge in [0.25, 0.3) is 0 Å². The van der Waals surface area contributed by atoms with Crippen LogP contribution in [0.25, 0.3) is 0 Å². The number of hydrogen-bond acceptors (Lipinski definition) is 41. The zero-order chi connectivity index (χ0) is 72.2. The maximum atomic E-state index is 13.0. The van der Waals surface area contributed by atoms with Crippen LogP contribution in [0.15, 0.2) is 0 Å². The highest BCUT2D eigenvalue weighted by atomic mass is 16.8. The van der Waals surface area contributed by atoms with E-state index in [1.54, 1.807) is 0 Å². The zero-order valence-corrected chi connectivity index (χ0v) is 52.4. The number of amides is 3. The topological polar surface area (TPSA) is 691 Å². The molecule has 8 fully saturated rings. The third kappa shape index (κ3) is 17.5. The molecule has 44 nitrogen and oxygen atoms in total. The van der Waals surface area contributed by atoms with Crippen molar-refractivity contribution in [3.05, 3.63) is 0 Å². The Balaban J connectivity index is 1.11. The van der Waals surface area contributed by atoms with Gasteiger partial charge in [0.1, 0.15) is 195 Å². The zero-order valence-electron chi connectivity index (χ0n) is 52.4. The van der Waals surface area contributed by atoms with E-state index in [9.17, 15) is 132 Å². The number of aliphatic hydroxyl groups excluding tert-OH is 23. The van der Waals surface area contributed by atoms with Crippen molar-refractivity contribution in [2.45, 2.75) is 266 Å². The van der Waals surface area contributed by atoms with Crippen molar-refractivity contribution < 1.29 is 203 Å². The molecule has 8 saturated heterocycles. The molecule has 568 valence electrons. The molecule has 0 spiro atoms. The Morgan fingerprint density at radius 1 is 0.265 bits per heavy atom. The van der Waals surface area contributed by atoms with Crippen LogP contribution in [-0.2, 0) is 85.4 Å². The van der Waals surface area contributed by atoms with E-state index in [0.29, 0.717) is 0 Å². The van der Waals surface area contributed by atoms with E-state index < -0.39 is 316 Å². The van der Waals surface area contributed by atoms with Gasteiger partial charge in [0.05, 0.1) is 52.9 Å². The Bertz CT molecular complexity index is 2510. The molecule has 0 aromatic carbocycles. The highest BCUT2D eigenvalue weighted by Crippen LogP contribution is 2.39. The summed E-state index contributed by atoms with van der Waals surface area (Å²) in [4.78, 5) is 38.7. The summed E-state index contributed by atoms with van der Waals surface area (Å²) >= 11 is 0. The molecule has 40 atom stereocenters. The van der Waals surface area contributed by atoms with Gasteiger partial charge in [0.2, 0.25) is 17.7 Å². The number of nitrogens with one attached hydrogen (secondary N) is 3. The van der Waals surface area contributed by atoms with Crippen LogP contribution in [0.3, 0.4) is 0 Å². The highest BCUT2D eigenvalue weighted by molar-refractivity contribution is 5.74. The SMILES string of the molecule is CC(=O)N[C@H]1[C@H](O[C@H]2[C@@H](O)[C@@H](CO)O[C@@H](O[C@H]3[C@H](O)[C@@H](O)C(O)O[C@@H]3CO)[C@@H]2O)O[C@H](CO)[C@@H](O[C@@H]2O[C@H](CO[C@@H]3O[C@H](CO)[C@@H](O[C@@H]4O[C@H](CO)[C@H](O)[C@H](O)[C@H]4O)[C@@H](O)[C@H]3NC(C)=O)[C@H](O)[C@H](O[C@@H]3O[C@H](CO)[C@@H](O)[C@H](O[C@@H]4O[C@H](CO)[C@H](O)[C@H](O)[C@H]4O)[C@H]3NC(C)=O)[C@H]2O)[C@@H]1O. The second kappa shape index (κ2) is 35.1. The van der Waals surface area contributed by atoms with Crippen LogP contribution >= 0.6 is 0 Å². The summed E-state index contributed by atoms with van der Waals surface area (Å²) in [5.74, 6) is -2.77. The molecular weight excluding hydrogens is 1350 g/mol. The fourth-order valence-corrected chi connectivity index (χ4v) is 12.6. The van der Waals surface area contributed by atoms with Gasteiger partial charge in [-0.25, -0.2) is 0 Å². The molecular formula is C54H91N3O41. The molecule has 8 rings (SSSR count). The molecule has 98 heavy (non-hydrogen) atoms. The summed E-state index contributed by atoms with van der Waals surface area (Å²) in [5.41, 5.74) is 0. The van der Waals surface area contributed by atoms with E-state index in [1.807, 2.05) is 0 Å². The van der Waals surface area contributed by atoms with Crippen molar-refractivity contribution in [2.75, 3.05) is 52.9 Å². The molecule has 8 aliphatic heterocycles. The Hall–Kier alpha value is -3.11. The van der Waals surface area contributed by atoms with Gasteiger partial charge in [-0.3, -0.25) is 14.4 Å². The number of carbonyl (C=O) groups excluding carboxylic acids is 3. The average Bonchev–Trinajstić information content (AvgIpc) is 0.774. The third-order valence-electron chi connectivity index (χ3n) is 17.8. The molecule has 1 unspecified atom stereocenters. The van der Waals surface area contributed by atoms with Crippen LogP contribution in [0.4, 0.5) is 0 Å². The Morgan fingerprint density at radius 3 is 0.969 bits per heavy atom. The minimum atomic E-state index is -2.46. The van der Waals surface area contributed by atoms with Crippen LogP contribution < -0.4 is 16.0 Å². The maximum absolute atomic E-state index is 13.0.